The number of nitrogens with zero attached hydrogens (tertiary/aromatic N) is 3. The minimum absolute atomic E-state index is 0.0230. The van der Waals surface area contributed by atoms with Crippen LogP contribution in [0.3, 0.4) is 0 Å². The molecule has 2 N–H and O–H groups in total. The quantitative estimate of drug-likeness (QED) is 0.623. The molecule has 172 valence electrons. The van der Waals surface area contributed by atoms with E-state index in [1.54, 1.807) is 12.1 Å². The molecule has 2 aromatic carbocycles. The van der Waals surface area contributed by atoms with Gasteiger partial charge in [0.15, 0.2) is 9.84 Å². The monoisotopic (exact) mass is 464 g/mol. The Labute approximate surface area is 194 Å². The number of hydrogen-bond acceptors (Lipinski definition) is 7. The molecule has 3 aromatic rings. The summed E-state index contributed by atoms with van der Waals surface area (Å²) in [5.41, 5.74) is 10.6. The summed E-state index contributed by atoms with van der Waals surface area (Å²) >= 11 is 0. The molecule has 0 aliphatic carbocycles. The van der Waals surface area contributed by atoms with Crippen LogP contribution in [0.5, 0.6) is 0 Å². The number of pyridine rings is 1. The Morgan fingerprint density at radius 3 is 2.70 bits per heavy atom. The average molecular weight is 465 g/mol. The van der Waals surface area contributed by atoms with Gasteiger partial charge in [0.1, 0.15) is 5.82 Å². The lowest BCUT2D eigenvalue weighted by Crippen LogP contribution is -2.54. The van der Waals surface area contributed by atoms with E-state index in [4.69, 9.17) is 15.5 Å². The molecular weight excluding hydrogens is 436 g/mol. The summed E-state index contributed by atoms with van der Waals surface area (Å²) in [5, 5.41) is 1.10. The van der Waals surface area contributed by atoms with Crippen LogP contribution in [0.25, 0.3) is 10.9 Å². The maximum Gasteiger partial charge on any atom is 0.180 e. The fourth-order valence-electron chi connectivity index (χ4n) is 5.34. The fraction of sp³-hybridized carbons (Fsp3) is 0.400. The molecule has 33 heavy (non-hydrogen) atoms. The van der Waals surface area contributed by atoms with Gasteiger partial charge in [-0.3, -0.25) is 0 Å². The second-order valence-corrected chi connectivity index (χ2v) is 11.8. The van der Waals surface area contributed by atoms with E-state index in [0.29, 0.717) is 31.2 Å². The van der Waals surface area contributed by atoms with Crippen LogP contribution in [-0.2, 0) is 21.1 Å². The first-order chi connectivity index (χ1) is 15.8. The van der Waals surface area contributed by atoms with Crippen molar-refractivity contribution in [3.05, 3.63) is 59.7 Å². The highest BCUT2D eigenvalue weighted by atomic mass is 32.2. The van der Waals surface area contributed by atoms with E-state index in [-0.39, 0.29) is 17.2 Å². The van der Waals surface area contributed by atoms with Crippen molar-refractivity contribution in [1.29, 1.82) is 0 Å². The number of anilines is 2. The molecular formula is C25H28N4O3S. The van der Waals surface area contributed by atoms with Gasteiger partial charge >= 0.3 is 0 Å². The first-order valence-electron chi connectivity index (χ1n) is 11.4. The second-order valence-electron chi connectivity index (χ2n) is 9.71. The van der Waals surface area contributed by atoms with E-state index in [1.165, 1.54) is 5.56 Å². The molecule has 2 fully saturated rings. The molecule has 4 heterocycles. The zero-order valence-electron chi connectivity index (χ0n) is 18.7. The van der Waals surface area contributed by atoms with Crippen molar-refractivity contribution in [2.75, 3.05) is 48.4 Å². The minimum atomic E-state index is -3.32. The topological polar surface area (TPSA) is 88.8 Å². The summed E-state index contributed by atoms with van der Waals surface area (Å²) in [7, 11) is -3.32. The molecule has 0 amide bonds. The first kappa shape index (κ1) is 20.9. The van der Waals surface area contributed by atoms with E-state index in [0.717, 1.165) is 41.1 Å². The molecule has 7 nitrogen and oxygen atoms in total. The van der Waals surface area contributed by atoms with Crippen LogP contribution in [0.1, 0.15) is 11.1 Å². The zero-order valence-corrected chi connectivity index (χ0v) is 19.5. The van der Waals surface area contributed by atoms with Gasteiger partial charge in [-0.15, -0.1) is 0 Å². The van der Waals surface area contributed by atoms with Gasteiger partial charge in [0, 0.05) is 49.4 Å². The van der Waals surface area contributed by atoms with Crippen molar-refractivity contribution in [3.8, 4) is 0 Å². The maximum atomic E-state index is 12.9. The zero-order chi connectivity index (χ0) is 22.8. The molecule has 3 aliphatic rings. The van der Waals surface area contributed by atoms with E-state index in [2.05, 4.69) is 41.0 Å². The lowest BCUT2D eigenvalue weighted by atomic mass is 9.82. The predicted molar refractivity (Wildman–Crippen MR) is 129 cm³/mol. The van der Waals surface area contributed by atoms with Gasteiger partial charge in [-0.25, -0.2) is 13.4 Å². The smallest absolute Gasteiger partial charge is 0.180 e. The maximum absolute atomic E-state index is 12.9. The number of aryl methyl sites for hydroxylation is 1. The van der Waals surface area contributed by atoms with Crippen molar-refractivity contribution < 1.29 is 13.2 Å². The number of hydrogen-bond donors (Lipinski definition) is 1. The number of fused-ring (bicyclic) bond motifs is 2. The van der Waals surface area contributed by atoms with Crippen LogP contribution in [0, 0.1) is 12.3 Å². The van der Waals surface area contributed by atoms with Crippen LogP contribution in [0.4, 0.5) is 11.5 Å². The van der Waals surface area contributed by atoms with Crippen molar-refractivity contribution in [2.24, 2.45) is 11.1 Å². The third kappa shape index (κ3) is 3.39. The third-order valence-electron chi connectivity index (χ3n) is 7.38. The summed E-state index contributed by atoms with van der Waals surface area (Å²) in [5.74, 6) is 0.870. The Morgan fingerprint density at radius 1 is 1.12 bits per heavy atom. The molecule has 1 unspecified atom stereocenters. The minimum Gasteiger partial charge on any atom is -0.380 e. The van der Waals surface area contributed by atoms with E-state index in [1.807, 2.05) is 12.1 Å². The highest BCUT2D eigenvalue weighted by Gasteiger charge is 2.50. The molecule has 0 saturated carbocycles. The van der Waals surface area contributed by atoms with Crippen molar-refractivity contribution in [2.45, 2.75) is 24.4 Å². The molecule has 6 rings (SSSR count). The number of ether oxygens (including phenoxy) is 1. The number of nitrogens with two attached hydrogens (primary N) is 1. The summed E-state index contributed by atoms with van der Waals surface area (Å²) in [6.07, 6.45) is 0. The predicted octanol–water partition coefficient (Wildman–Crippen LogP) is 2.50. The van der Waals surface area contributed by atoms with E-state index < -0.39 is 9.84 Å². The number of rotatable bonds is 2. The Morgan fingerprint density at radius 2 is 1.94 bits per heavy atom. The van der Waals surface area contributed by atoms with E-state index >= 15 is 0 Å². The van der Waals surface area contributed by atoms with Crippen molar-refractivity contribution in [1.82, 2.24) is 4.98 Å². The lowest BCUT2D eigenvalue weighted by Gasteiger charge is -2.40. The first-order valence-corrected chi connectivity index (χ1v) is 13.1. The molecule has 8 heteroatoms. The Kier molecular flexibility index (Phi) is 4.69. The average Bonchev–Trinajstić information content (AvgIpc) is 3.07. The summed E-state index contributed by atoms with van der Waals surface area (Å²) < 4.78 is 31.2. The highest BCUT2D eigenvalue weighted by molar-refractivity contribution is 7.91. The third-order valence-corrected chi connectivity index (χ3v) is 9.17. The van der Waals surface area contributed by atoms with Crippen LogP contribution in [0.15, 0.2) is 53.4 Å². The van der Waals surface area contributed by atoms with Crippen LogP contribution >= 0.6 is 0 Å². The summed E-state index contributed by atoms with van der Waals surface area (Å²) in [4.78, 5) is 9.86. The van der Waals surface area contributed by atoms with Gasteiger partial charge in [-0.2, -0.15) is 0 Å². The van der Waals surface area contributed by atoms with E-state index in [9.17, 15) is 8.42 Å². The fourth-order valence-corrected chi connectivity index (χ4v) is 6.84. The number of benzene rings is 2. The van der Waals surface area contributed by atoms with Crippen LogP contribution < -0.4 is 15.5 Å². The van der Waals surface area contributed by atoms with Gasteiger partial charge in [0.2, 0.25) is 0 Å². The van der Waals surface area contributed by atoms with Crippen molar-refractivity contribution >= 4 is 32.2 Å². The molecule has 1 spiro atoms. The highest BCUT2D eigenvalue weighted by Crippen LogP contribution is 2.42. The van der Waals surface area contributed by atoms with Crippen molar-refractivity contribution in [3.63, 3.8) is 0 Å². The van der Waals surface area contributed by atoms with Gasteiger partial charge in [0.25, 0.3) is 0 Å². The molecule has 3 aliphatic heterocycles. The Bertz CT molecular complexity index is 1350. The Balaban J connectivity index is 1.45. The van der Waals surface area contributed by atoms with Gasteiger partial charge in [0.05, 0.1) is 34.8 Å². The Hall–Kier alpha value is -2.68. The summed E-state index contributed by atoms with van der Waals surface area (Å²) in [6.45, 7) is 6.05. The second kappa shape index (κ2) is 7.41. The number of aromatic nitrogens is 1. The van der Waals surface area contributed by atoms with Crippen LogP contribution in [0.2, 0.25) is 0 Å². The molecule has 1 atom stereocenters. The van der Waals surface area contributed by atoms with Gasteiger partial charge in [-0.1, -0.05) is 29.8 Å². The SMILES string of the molecule is Cc1ccc2nc(N3CCS(=O)(=O)c4ccccc4C3)cc(N3CC(N)C4(COC4)C3)c2c1. The molecule has 2 saturated heterocycles. The molecule has 1 aromatic heterocycles. The van der Waals surface area contributed by atoms with Gasteiger partial charge in [-0.05, 0) is 30.7 Å². The van der Waals surface area contributed by atoms with Crippen LogP contribution in [-0.4, -0.2) is 58.0 Å². The largest absolute Gasteiger partial charge is 0.380 e. The lowest BCUT2D eigenvalue weighted by molar-refractivity contribution is -0.106. The number of sulfone groups is 1. The molecule has 0 radical (unpaired) electrons. The standard InChI is InChI=1S/C25H28N4O3S/c1-17-6-7-20-19(10-17)21(29-13-23(26)25(14-29)15-32-16-25)11-24(27-20)28-8-9-33(30,31)22-5-3-2-4-18(22)12-28/h2-7,10-11,23H,8-9,12-16,26H2,1H3. The summed E-state index contributed by atoms with van der Waals surface area (Å²) in [6, 6.07) is 15.8. The normalized spacial score (nSPS) is 23.4. The van der Waals surface area contributed by atoms with Gasteiger partial charge < -0.3 is 20.3 Å². The molecule has 0 bridgehead atoms.